The van der Waals surface area contributed by atoms with E-state index in [0.717, 1.165) is 25.1 Å². The summed E-state index contributed by atoms with van der Waals surface area (Å²) in [5.41, 5.74) is 0.524. The van der Waals surface area contributed by atoms with Gasteiger partial charge in [0.25, 0.3) is 5.91 Å². The normalized spacial score (nSPS) is 23.8. The Kier molecular flexibility index (Phi) is 6.16. The van der Waals surface area contributed by atoms with Crippen molar-refractivity contribution in [2.24, 2.45) is 18.9 Å². The fourth-order valence-electron chi connectivity index (χ4n) is 4.91. The first kappa shape index (κ1) is 22.0. The summed E-state index contributed by atoms with van der Waals surface area (Å²) in [5.74, 6) is 1.91. The molecule has 2 atom stereocenters. The standard InChI is InChI=1S/C22H31N5O3S/c1-16-12-17(2)14-27(13-16)31(29,30)20-6-4-19(5-7-20)22(28)26-10-8-18(9-11-26)21-24-23-15-25(21)3/h4-7,15-18H,8-14H2,1-3H3. The molecule has 31 heavy (non-hydrogen) atoms. The number of likely N-dealkylation sites (tertiary alicyclic amines) is 1. The molecule has 2 aliphatic heterocycles. The second-order valence-electron chi connectivity index (χ2n) is 9.16. The third kappa shape index (κ3) is 4.52. The lowest BCUT2D eigenvalue weighted by atomic mass is 9.94. The molecule has 2 aromatic rings. The van der Waals surface area contributed by atoms with E-state index in [4.69, 9.17) is 0 Å². The Labute approximate surface area is 184 Å². The van der Waals surface area contributed by atoms with Gasteiger partial charge in [-0.15, -0.1) is 10.2 Å². The number of piperidine rings is 2. The minimum absolute atomic E-state index is 0.0550. The van der Waals surface area contributed by atoms with Crippen molar-refractivity contribution in [2.45, 2.75) is 43.9 Å². The summed E-state index contributed by atoms with van der Waals surface area (Å²) in [4.78, 5) is 15.0. The number of carbonyl (C=O) groups is 1. The summed E-state index contributed by atoms with van der Waals surface area (Å²) in [6, 6.07) is 6.42. The van der Waals surface area contributed by atoms with Gasteiger partial charge in [0.15, 0.2) is 0 Å². The Hall–Kier alpha value is -2.26. The molecule has 1 aromatic heterocycles. The van der Waals surface area contributed by atoms with Gasteiger partial charge in [0.1, 0.15) is 12.2 Å². The largest absolute Gasteiger partial charge is 0.339 e. The van der Waals surface area contributed by atoms with Crippen molar-refractivity contribution in [2.75, 3.05) is 26.2 Å². The average Bonchev–Trinajstić information content (AvgIpc) is 3.18. The number of aryl methyl sites for hydroxylation is 1. The molecule has 0 bridgehead atoms. The van der Waals surface area contributed by atoms with Crippen LogP contribution in [-0.2, 0) is 17.1 Å². The Morgan fingerprint density at radius 3 is 2.19 bits per heavy atom. The van der Waals surface area contributed by atoms with Crippen molar-refractivity contribution in [1.82, 2.24) is 24.0 Å². The summed E-state index contributed by atoms with van der Waals surface area (Å²) < 4.78 is 29.6. The lowest BCUT2D eigenvalue weighted by Crippen LogP contribution is -2.42. The zero-order chi connectivity index (χ0) is 22.2. The van der Waals surface area contributed by atoms with Crippen molar-refractivity contribution in [3.05, 3.63) is 42.0 Å². The maximum Gasteiger partial charge on any atom is 0.253 e. The highest BCUT2D eigenvalue weighted by Crippen LogP contribution is 2.28. The highest BCUT2D eigenvalue weighted by molar-refractivity contribution is 7.89. The molecule has 8 nitrogen and oxygen atoms in total. The van der Waals surface area contributed by atoms with Crippen LogP contribution in [-0.4, -0.2) is 64.5 Å². The Morgan fingerprint density at radius 1 is 1.03 bits per heavy atom. The zero-order valence-electron chi connectivity index (χ0n) is 18.4. The van der Waals surface area contributed by atoms with E-state index in [1.165, 1.54) is 0 Å². The molecule has 0 spiro atoms. The van der Waals surface area contributed by atoms with Crippen molar-refractivity contribution in [3.63, 3.8) is 0 Å². The van der Waals surface area contributed by atoms with E-state index in [1.54, 1.807) is 34.9 Å². The zero-order valence-corrected chi connectivity index (χ0v) is 19.3. The fraction of sp³-hybridized carbons (Fsp3) is 0.591. The highest BCUT2D eigenvalue weighted by Gasteiger charge is 2.32. The molecular weight excluding hydrogens is 414 g/mol. The topological polar surface area (TPSA) is 88.4 Å². The van der Waals surface area contributed by atoms with E-state index in [9.17, 15) is 13.2 Å². The number of benzene rings is 1. The molecule has 0 N–H and O–H groups in total. The predicted octanol–water partition coefficient (Wildman–Crippen LogP) is 2.50. The minimum Gasteiger partial charge on any atom is -0.339 e. The third-order valence-electron chi connectivity index (χ3n) is 6.47. The van der Waals surface area contributed by atoms with Gasteiger partial charge in [0.2, 0.25) is 10.0 Å². The first-order valence-corrected chi connectivity index (χ1v) is 12.4. The van der Waals surface area contributed by atoms with E-state index >= 15 is 0 Å². The van der Waals surface area contributed by atoms with E-state index < -0.39 is 10.0 Å². The summed E-state index contributed by atoms with van der Waals surface area (Å²) >= 11 is 0. The molecule has 0 saturated carbocycles. The van der Waals surface area contributed by atoms with Gasteiger partial charge in [0.05, 0.1) is 4.90 Å². The molecule has 3 heterocycles. The molecule has 0 aliphatic carbocycles. The van der Waals surface area contributed by atoms with Crippen molar-refractivity contribution >= 4 is 15.9 Å². The summed E-state index contributed by atoms with van der Waals surface area (Å²) in [5, 5.41) is 8.15. The maximum absolute atomic E-state index is 13.1. The van der Waals surface area contributed by atoms with Gasteiger partial charge in [-0.3, -0.25) is 4.79 Å². The Balaban J connectivity index is 1.41. The predicted molar refractivity (Wildman–Crippen MR) is 117 cm³/mol. The number of sulfonamides is 1. The molecule has 168 valence electrons. The van der Waals surface area contributed by atoms with Gasteiger partial charge >= 0.3 is 0 Å². The number of nitrogens with zero attached hydrogens (tertiary/aromatic N) is 5. The van der Waals surface area contributed by atoms with Crippen LogP contribution >= 0.6 is 0 Å². The summed E-state index contributed by atoms with van der Waals surface area (Å²) in [6.07, 6.45) is 4.44. The Bertz CT molecular complexity index is 1020. The first-order valence-electron chi connectivity index (χ1n) is 11.0. The number of hydrogen-bond donors (Lipinski definition) is 0. The fourth-order valence-corrected chi connectivity index (χ4v) is 6.59. The van der Waals surface area contributed by atoms with Gasteiger partial charge in [-0.05, 0) is 55.4 Å². The van der Waals surface area contributed by atoms with Crippen LogP contribution in [0.15, 0.2) is 35.5 Å². The van der Waals surface area contributed by atoms with Gasteiger partial charge in [-0.2, -0.15) is 4.31 Å². The molecular formula is C22H31N5O3S. The van der Waals surface area contributed by atoms with E-state index in [1.807, 2.05) is 16.5 Å². The van der Waals surface area contributed by atoms with Crippen LogP contribution in [0, 0.1) is 11.8 Å². The first-order chi connectivity index (χ1) is 14.8. The number of carbonyl (C=O) groups excluding carboxylic acids is 1. The third-order valence-corrected chi connectivity index (χ3v) is 8.31. The number of aromatic nitrogens is 3. The SMILES string of the molecule is CC1CC(C)CN(S(=O)(=O)c2ccc(C(=O)N3CCC(c4nncn4C)CC3)cc2)C1. The number of hydrogen-bond acceptors (Lipinski definition) is 5. The number of amides is 1. The van der Waals surface area contributed by atoms with Crippen LogP contribution in [0.5, 0.6) is 0 Å². The van der Waals surface area contributed by atoms with Crippen LogP contribution in [0.2, 0.25) is 0 Å². The van der Waals surface area contributed by atoms with Crippen molar-refractivity contribution in [1.29, 1.82) is 0 Å². The van der Waals surface area contributed by atoms with Crippen LogP contribution in [0.4, 0.5) is 0 Å². The van der Waals surface area contributed by atoms with Crippen LogP contribution in [0.1, 0.15) is 55.2 Å². The summed E-state index contributed by atoms with van der Waals surface area (Å²) in [7, 11) is -1.60. The average molecular weight is 446 g/mol. The lowest BCUT2D eigenvalue weighted by Gasteiger charge is -2.34. The lowest BCUT2D eigenvalue weighted by molar-refractivity contribution is 0.0710. The minimum atomic E-state index is -3.54. The van der Waals surface area contributed by atoms with E-state index in [0.29, 0.717) is 49.5 Å². The maximum atomic E-state index is 13.1. The summed E-state index contributed by atoms with van der Waals surface area (Å²) in [6.45, 7) is 6.59. The number of rotatable bonds is 4. The van der Waals surface area contributed by atoms with Crippen molar-refractivity contribution < 1.29 is 13.2 Å². The molecule has 2 aliphatic rings. The smallest absolute Gasteiger partial charge is 0.253 e. The van der Waals surface area contributed by atoms with Gasteiger partial charge in [-0.1, -0.05) is 13.8 Å². The van der Waals surface area contributed by atoms with Crippen LogP contribution < -0.4 is 0 Å². The van der Waals surface area contributed by atoms with E-state index in [2.05, 4.69) is 24.0 Å². The Morgan fingerprint density at radius 2 is 1.65 bits per heavy atom. The molecule has 1 amide bonds. The van der Waals surface area contributed by atoms with Crippen LogP contribution in [0.3, 0.4) is 0 Å². The second-order valence-corrected chi connectivity index (χ2v) is 11.1. The van der Waals surface area contributed by atoms with Gasteiger partial charge < -0.3 is 9.47 Å². The van der Waals surface area contributed by atoms with Crippen molar-refractivity contribution in [3.8, 4) is 0 Å². The molecule has 2 saturated heterocycles. The molecule has 2 fully saturated rings. The molecule has 2 unspecified atom stereocenters. The highest BCUT2D eigenvalue weighted by atomic mass is 32.2. The molecule has 0 radical (unpaired) electrons. The van der Waals surface area contributed by atoms with Crippen LogP contribution in [0.25, 0.3) is 0 Å². The van der Waals surface area contributed by atoms with Gasteiger partial charge in [0, 0.05) is 44.7 Å². The van der Waals surface area contributed by atoms with Gasteiger partial charge in [-0.25, -0.2) is 8.42 Å². The molecule has 1 aromatic carbocycles. The van der Waals surface area contributed by atoms with E-state index in [-0.39, 0.29) is 10.8 Å². The quantitative estimate of drug-likeness (QED) is 0.722. The monoisotopic (exact) mass is 445 g/mol. The molecule has 4 rings (SSSR count). The second kappa shape index (κ2) is 8.70. The molecule has 9 heteroatoms.